The second kappa shape index (κ2) is 6.17. The zero-order valence-corrected chi connectivity index (χ0v) is 12.4. The number of halogens is 1. The number of benzene rings is 2. The van der Waals surface area contributed by atoms with Crippen LogP contribution in [0.5, 0.6) is 0 Å². The summed E-state index contributed by atoms with van der Waals surface area (Å²) in [7, 11) is 0. The molecule has 0 fully saturated rings. The van der Waals surface area contributed by atoms with Gasteiger partial charge < -0.3 is 5.32 Å². The van der Waals surface area contributed by atoms with Gasteiger partial charge in [-0.15, -0.1) is 0 Å². The second-order valence-corrected chi connectivity index (χ2v) is 5.58. The summed E-state index contributed by atoms with van der Waals surface area (Å²) in [6, 6.07) is 15.0. The molecule has 2 aromatic rings. The lowest BCUT2D eigenvalue weighted by molar-refractivity contribution is 0.690. The van der Waals surface area contributed by atoms with Gasteiger partial charge in [0.15, 0.2) is 0 Å². The maximum Gasteiger partial charge on any atom is 0.0211 e. The fraction of sp³-hybridized carbons (Fsp3) is 0.250. The highest BCUT2D eigenvalue weighted by molar-refractivity contribution is 9.10. The lowest BCUT2D eigenvalue weighted by Gasteiger charge is -2.09. The Morgan fingerprint density at radius 2 is 1.83 bits per heavy atom. The van der Waals surface area contributed by atoms with Gasteiger partial charge in [0, 0.05) is 17.6 Å². The largest absolute Gasteiger partial charge is 0.309 e. The minimum Gasteiger partial charge on any atom is -0.309 e. The first-order valence-corrected chi connectivity index (χ1v) is 6.96. The van der Waals surface area contributed by atoms with Crippen LogP contribution < -0.4 is 5.32 Å². The van der Waals surface area contributed by atoms with Crippen LogP contribution in [0.25, 0.3) is 0 Å². The monoisotopic (exact) mass is 303 g/mol. The van der Waals surface area contributed by atoms with Crippen molar-refractivity contribution in [3.05, 3.63) is 69.2 Å². The standard InChI is InChI=1S/C16H18BrN/c1-12-6-7-13(2)15(8-12)11-18-10-14-4-3-5-16(17)9-14/h3-9,18H,10-11H2,1-2H3. The predicted molar refractivity (Wildman–Crippen MR) is 80.6 cm³/mol. The quantitative estimate of drug-likeness (QED) is 0.885. The van der Waals surface area contributed by atoms with Crippen molar-refractivity contribution in [2.45, 2.75) is 26.9 Å². The summed E-state index contributed by atoms with van der Waals surface area (Å²) in [5.41, 5.74) is 5.35. The van der Waals surface area contributed by atoms with E-state index in [-0.39, 0.29) is 0 Å². The van der Waals surface area contributed by atoms with E-state index >= 15 is 0 Å². The number of hydrogen-bond acceptors (Lipinski definition) is 1. The molecular formula is C16H18BrN. The number of nitrogens with one attached hydrogen (secondary N) is 1. The van der Waals surface area contributed by atoms with Gasteiger partial charge in [-0.05, 0) is 42.7 Å². The van der Waals surface area contributed by atoms with Gasteiger partial charge in [0.05, 0.1) is 0 Å². The van der Waals surface area contributed by atoms with E-state index in [0.29, 0.717) is 0 Å². The third-order valence-electron chi connectivity index (χ3n) is 3.04. The molecular weight excluding hydrogens is 286 g/mol. The Hall–Kier alpha value is -1.12. The molecule has 2 rings (SSSR count). The van der Waals surface area contributed by atoms with Crippen molar-refractivity contribution in [1.29, 1.82) is 0 Å². The van der Waals surface area contributed by atoms with Crippen molar-refractivity contribution >= 4 is 15.9 Å². The van der Waals surface area contributed by atoms with Crippen molar-refractivity contribution in [3.8, 4) is 0 Å². The molecule has 0 aliphatic heterocycles. The maximum atomic E-state index is 3.49. The van der Waals surface area contributed by atoms with Crippen LogP contribution in [0.1, 0.15) is 22.3 Å². The summed E-state index contributed by atoms with van der Waals surface area (Å²) in [5.74, 6) is 0. The highest BCUT2D eigenvalue weighted by Gasteiger charge is 1.99. The van der Waals surface area contributed by atoms with E-state index in [1.165, 1.54) is 22.3 Å². The van der Waals surface area contributed by atoms with Crippen molar-refractivity contribution in [1.82, 2.24) is 5.32 Å². The van der Waals surface area contributed by atoms with E-state index in [1.807, 2.05) is 6.07 Å². The molecule has 1 nitrogen and oxygen atoms in total. The molecule has 0 atom stereocenters. The third kappa shape index (κ3) is 3.69. The molecule has 2 aromatic carbocycles. The van der Waals surface area contributed by atoms with Crippen LogP contribution in [0.15, 0.2) is 46.9 Å². The summed E-state index contributed by atoms with van der Waals surface area (Å²) in [6.45, 7) is 6.11. The Kier molecular flexibility index (Phi) is 4.56. The fourth-order valence-corrected chi connectivity index (χ4v) is 2.43. The Morgan fingerprint density at radius 1 is 1.00 bits per heavy atom. The summed E-state index contributed by atoms with van der Waals surface area (Å²) >= 11 is 3.49. The minimum absolute atomic E-state index is 0.896. The molecule has 0 aliphatic carbocycles. The Labute approximate surface area is 117 Å². The molecule has 2 heteroatoms. The summed E-state index contributed by atoms with van der Waals surface area (Å²) in [5, 5.41) is 3.49. The molecule has 0 aromatic heterocycles. The van der Waals surface area contributed by atoms with E-state index < -0.39 is 0 Å². The van der Waals surface area contributed by atoms with Gasteiger partial charge in [-0.1, -0.05) is 51.8 Å². The molecule has 94 valence electrons. The molecule has 1 N–H and O–H groups in total. The number of aryl methyl sites for hydroxylation is 2. The molecule has 0 unspecified atom stereocenters. The summed E-state index contributed by atoms with van der Waals surface area (Å²) in [4.78, 5) is 0. The first-order chi connectivity index (χ1) is 8.65. The Morgan fingerprint density at radius 3 is 2.61 bits per heavy atom. The normalized spacial score (nSPS) is 10.6. The molecule has 0 heterocycles. The van der Waals surface area contributed by atoms with Gasteiger partial charge in [-0.3, -0.25) is 0 Å². The van der Waals surface area contributed by atoms with Gasteiger partial charge in [0.25, 0.3) is 0 Å². The fourth-order valence-electron chi connectivity index (χ4n) is 1.98. The van der Waals surface area contributed by atoms with Crippen LogP contribution in [0.3, 0.4) is 0 Å². The first kappa shape index (κ1) is 13.3. The zero-order valence-electron chi connectivity index (χ0n) is 10.8. The molecule has 0 aliphatic rings. The van der Waals surface area contributed by atoms with Crippen molar-refractivity contribution in [3.63, 3.8) is 0 Å². The van der Waals surface area contributed by atoms with Crippen LogP contribution in [0.4, 0.5) is 0 Å². The lowest BCUT2D eigenvalue weighted by atomic mass is 10.1. The Bertz CT molecular complexity index is 534. The van der Waals surface area contributed by atoms with Crippen molar-refractivity contribution in [2.24, 2.45) is 0 Å². The highest BCUT2D eigenvalue weighted by Crippen LogP contribution is 2.13. The lowest BCUT2D eigenvalue weighted by Crippen LogP contribution is -2.13. The van der Waals surface area contributed by atoms with Crippen molar-refractivity contribution in [2.75, 3.05) is 0 Å². The average Bonchev–Trinajstić information content (AvgIpc) is 2.34. The van der Waals surface area contributed by atoms with Gasteiger partial charge >= 0.3 is 0 Å². The van der Waals surface area contributed by atoms with Crippen LogP contribution in [0.2, 0.25) is 0 Å². The van der Waals surface area contributed by atoms with Gasteiger partial charge in [0.2, 0.25) is 0 Å². The van der Waals surface area contributed by atoms with Gasteiger partial charge in [-0.2, -0.15) is 0 Å². The van der Waals surface area contributed by atoms with E-state index in [9.17, 15) is 0 Å². The maximum absolute atomic E-state index is 3.49. The van der Waals surface area contributed by atoms with E-state index in [0.717, 1.165) is 17.6 Å². The van der Waals surface area contributed by atoms with Crippen LogP contribution in [0, 0.1) is 13.8 Å². The molecule has 0 bridgehead atoms. The second-order valence-electron chi connectivity index (χ2n) is 4.66. The van der Waals surface area contributed by atoms with Crippen LogP contribution >= 0.6 is 15.9 Å². The van der Waals surface area contributed by atoms with Gasteiger partial charge in [-0.25, -0.2) is 0 Å². The topological polar surface area (TPSA) is 12.0 Å². The zero-order chi connectivity index (χ0) is 13.0. The van der Waals surface area contributed by atoms with Crippen molar-refractivity contribution < 1.29 is 0 Å². The molecule has 0 saturated heterocycles. The van der Waals surface area contributed by atoms with Crippen LogP contribution in [-0.2, 0) is 13.1 Å². The van der Waals surface area contributed by atoms with Gasteiger partial charge in [0.1, 0.15) is 0 Å². The average molecular weight is 304 g/mol. The highest BCUT2D eigenvalue weighted by atomic mass is 79.9. The molecule has 18 heavy (non-hydrogen) atoms. The smallest absolute Gasteiger partial charge is 0.0211 e. The first-order valence-electron chi connectivity index (χ1n) is 6.16. The third-order valence-corrected chi connectivity index (χ3v) is 3.53. The molecule has 0 radical (unpaired) electrons. The SMILES string of the molecule is Cc1ccc(C)c(CNCc2cccc(Br)c2)c1. The molecule has 0 amide bonds. The van der Waals surface area contributed by atoms with Crippen LogP contribution in [-0.4, -0.2) is 0 Å². The summed E-state index contributed by atoms with van der Waals surface area (Å²) < 4.78 is 1.13. The number of rotatable bonds is 4. The molecule has 0 spiro atoms. The minimum atomic E-state index is 0.896. The van der Waals surface area contributed by atoms with E-state index in [1.54, 1.807) is 0 Å². The number of hydrogen-bond donors (Lipinski definition) is 1. The predicted octanol–water partition coefficient (Wildman–Crippen LogP) is 4.36. The summed E-state index contributed by atoms with van der Waals surface area (Å²) in [6.07, 6.45) is 0. The van der Waals surface area contributed by atoms with E-state index in [2.05, 4.69) is 71.5 Å². The molecule has 0 saturated carbocycles. The Balaban J connectivity index is 1.94. The van der Waals surface area contributed by atoms with E-state index in [4.69, 9.17) is 0 Å².